The van der Waals surface area contributed by atoms with Gasteiger partial charge in [0.05, 0.1) is 5.69 Å². The molecular weight excluding hydrogens is 230 g/mol. The quantitative estimate of drug-likeness (QED) is 0.840. The Morgan fingerprint density at radius 1 is 1.22 bits per heavy atom. The molecule has 0 aliphatic heterocycles. The molecule has 6 nitrogen and oxygen atoms in total. The average molecular weight is 249 g/mol. The van der Waals surface area contributed by atoms with E-state index in [1.54, 1.807) is 10.9 Å². The first kappa shape index (κ1) is 12.8. The third-order valence-electron chi connectivity index (χ3n) is 2.63. The van der Waals surface area contributed by atoms with Gasteiger partial charge in [0.1, 0.15) is 12.1 Å². The summed E-state index contributed by atoms with van der Waals surface area (Å²) in [6.07, 6.45) is 3.27. The predicted molar refractivity (Wildman–Crippen MR) is 67.6 cm³/mol. The van der Waals surface area contributed by atoms with Crippen LogP contribution in [0.15, 0.2) is 10.7 Å². The number of hydrogen-bond donors (Lipinski definition) is 1. The summed E-state index contributed by atoms with van der Waals surface area (Å²) in [5.74, 6) is 1.70. The standard InChI is InChI=1S/C12H19N5O/c1-4-10-15-11(5-2)17(16-10)12-14-9(8-18-12)7-13-6-3/h8,13H,4-7H2,1-3H3. The van der Waals surface area contributed by atoms with Crippen molar-refractivity contribution in [2.75, 3.05) is 6.54 Å². The molecule has 0 fully saturated rings. The first-order chi connectivity index (χ1) is 8.78. The molecule has 2 aromatic heterocycles. The maximum Gasteiger partial charge on any atom is 0.324 e. The van der Waals surface area contributed by atoms with Gasteiger partial charge in [0.2, 0.25) is 0 Å². The first-order valence-corrected chi connectivity index (χ1v) is 6.38. The molecule has 98 valence electrons. The van der Waals surface area contributed by atoms with E-state index in [4.69, 9.17) is 4.42 Å². The lowest BCUT2D eigenvalue weighted by atomic mass is 10.4. The average Bonchev–Trinajstić information content (AvgIpc) is 3.02. The molecule has 18 heavy (non-hydrogen) atoms. The highest BCUT2D eigenvalue weighted by atomic mass is 16.4. The van der Waals surface area contributed by atoms with Gasteiger partial charge in [0, 0.05) is 19.4 Å². The normalized spacial score (nSPS) is 11.1. The van der Waals surface area contributed by atoms with Gasteiger partial charge in [-0.2, -0.15) is 9.67 Å². The molecule has 0 aliphatic carbocycles. The second kappa shape index (κ2) is 5.77. The van der Waals surface area contributed by atoms with E-state index in [9.17, 15) is 0 Å². The molecule has 0 aliphatic rings. The van der Waals surface area contributed by atoms with Gasteiger partial charge in [-0.25, -0.2) is 4.98 Å². The van der Waals surface area contributed by atoms with Crippen LogP contribution in [0.4, 0.5) is 0 Å². The molecule has 0 saturated heterocycles. The SMILES string of the molecule is CCNCc1coc(-n2nc(CC)nc2CC)n1. The van der Waals surface area contributed by atoms with Gasteiger partial charge in [-0.05, 0) is 6.54 Å². The van der Waals surface area contributed by atoms with Crippen molar-refractivity contribution in [2.45, 2.75) is 40.2 Å². The Kier molecular flexibility index (Phi) is 4.09. The second-order valence-electron chi connectivity index (χ2n) is 3.96. The number of oxazole rings is 1. The monoisotopic (exact) mass is 249 g/mol. The summed E-state index contributed by atoms with van der Waals surface area (Å²) in [5, 5.41) is 7.60. The van der Waals surface area contributed by atoms with Crippen molar-refractivity contribution in [1.29, 1.82) is 0 Å². The van der Waals surface area contributed by atoms with Crippen LogP contribution in [0.5, 0.6) is 0 Å². The van der Waals surface area contributed by atoms with E-state index >= 15 is 0 Å². The van der Waals surface area contributed by atoms with Crippen molar-refractivity contribution >= 4 is 0 Å². The number of aromatic nitrogens is 4. The highest BCUT2D eigenvalue weighted by Crippen LogP contribution is 2.11. The molecule has 0 unspecified atom stereocenters. The molecule has 1 N–H and O–H groups in total. The fraction of sp³-hybridized carbons (Fsp3) is 0.583. The number of rotatable bonds is 6. The van der Waals surface area contributed by atoms with Crippen molar-refractivity contribution in [3.05, 3.63) is 23.6 Å². The summed E-state index contributed by atoms with van der Waals surface area (Å²) < 4.78 is 7.15. The van der Waals surface area contributed by atoms with E-state index < -0.39 is 0 Å². The maximum atomic E-state index is 5.46. The summed E-state index contributed by atoms with van der Waals surface area (Å²) in [5.41, 5.74) is 0.877. The van der Waals surface area contributed by atoms with Crippen LogP contribution in [0.2, 0.25) is 0 Å². The van der Waals surface area contributed by atoms with Crippen molar-refractivity contribution in [3.63, 3.8) is 0 Å². The minimum Gasteiger partial charge on any atom is -0.430 e. The lowest BCUT2D eigenvalue weighted by Crippen LogP contribution is -2.12. The van der Waals surface area contributed by atoms with Crippen molar-refractivity contribution in [3.8, 4) is 6.01 Å². The molecule has 0 amide bonds. The van der Waals surface area contributed by atoms with Crippen LogP contribution in [0.25, 0.3) is 6.01 Å². The third kappa shape index (κ3) is 2.59. The number of aryl methyl sites for hydroxylation is 2. The molecule has 2 rings (SSSR count). The van der Waals surface area contributed by atoms with E-state index in [1.165, 1.54) is 0 Å². The maximum absolute atomic E-state index is 5.46. The molecule has 2 aromatic rings. The summed E-state index contributed by atoms with van der Waals surface area (Å²) in [6, 6.07) is 0.493. The first-order valence-electron chi connectivity index (χ1n) is 6.38. The zero-order valence-electron chi connectivity index (χ0n) is 11.1. The zero-order valence-corrected chi connectivity index (χ0v) is 11.1. The Hall–Kier alpha value is -1.69. The molecule has 0 bridgehead atoms. The van der Waals surface area contributed by atoms with Crippen molar-refractivity contribution in [1.82, 2.24) is 25.1 Å². The lowest BCUT2D eigenvalue weighted by molar-refractivity contribution is 0.500. The molecule has 6 heteroatoms. The number of nitrogens with one attached hydrogen (secondary N) is 1. The van der Waals surface area contributed by atoms with Crippen LogP contribution in [0.1, 0.15) is 38.1 Å². The van der Waals surface area contributed by atoms with E-state index in [2.05, 4.69) is 27.3 Å². The minimum absolute atomic E-state index is 0.493. The Bertz CT molecular complexity index is 502. The van der Waals surface area contributed by atoms with Crippen LogP contribution in [-0.2, 0) is 19.4 Å². The fourth-order valence-corrected chi connectivity index (χ4v) is 1.65. The largest absolute Gasteiger partial charge is 0.430 e. The highest BCUT2D eigenvalue weighted by molar-refractivity contribution is 5.12. The Morgan fingerprint density at radius 3 is 2.72 bits per heavy atom. The van der Waals surface area contributed by atoms with Gasteiger partial charge < -0.3 is 9.73 Å². The number of nitrogens with zero attached hydrogens (tertiary/aromatic N) is 4. The van der Waals surface area contributed by atoms with Crippen LogP contribution >= 0.6 is 0 Å². The molecule has 2 heterocycles. The fourth-order valence-electron chi connectivity index (χ4n) is 1.65. The Labute approximate surface area is 106 Å². The second-order valence-corrected chi connectivity index (χ2v) is 3.96. The van der Waals surface area contributed by atoms with Crippen molar-refractivity contribution < 1.29 is 4.42 Å². The van der Waals surface area contributed by atoms with Gasteiger partial charge in [0.25, 0.3) is 0 Å². The summed E-state index contributed by atoms with van der Waals surface area (Å²) in [7, 11) is 0. The smallest absolute Gasteiger partial charge is 0.324 e. The predicted octanol–water partition coefficient (Wildman–Crippen LogP) is 1.49. The van der Waals surface area contributed by atoms with E-state index in [0.717, 1.165) is 36.7 Å². The molecule has 0 radical (unpaired) electrons. The Balaban J connectivity index is 2.24. The van der Waals surface area contributed by atoms with Crippen LogP contribution in [0, 0.1) is 0 Å². The van der Waals surface area contributed by atoms with E-state index in [-0.39, 0.29) is 0 Å². The summed E-state index contributed by atoms with van der Waals surface area (Å²) in [4.78, 5) is 8.84. The van der Waals surface area contributed by atoms with E-state index in [1.807, 2.05) is 13.8 Å². The molecule has 0 atom stereocenters. The third-order valence-corrected chi connectivity index (χ3v) is 2.63. The number of hydrogen-bond acceptors (Lipinski definition) is 5. The topological polar surface area (TPSA) is 68.8 Å². The zero-order chi connectivity index (χ0) is 13.0. The lowest BCUT2D eigenvalue weighted by Gasteiger charge is -1.97. The van der Waals surface area contributed by atoms with Gasteiger partial charge in [-0.1, -0.05) is 20.8 Å². The van der Waals surface area contributed by atoms with Gasteiger partial charge in [0.15, 0.2) is 5.82 Å². The summed E-state index contributed by atoms with van der Waals surface area (Å²) >= 11 is 0. The molecule has 0 saturated carbocycles. The highest BCUT2D eigenvalue weighted by Gasteiger charge is 2.13. The molecule has 0 aromatic carbocycles. The van der Waals surface area contributed by atoms with E-state index in [0.29, 0.717) is 12.6 Å². The Morgan fingerprint density at radius 2 is 2.06 bits per heavy atom. The van der Waals surface area contributed by atoms with Gasteiger partial charge in [-0.3, -0.25) is 0 Å². The van der Waals surface area contributed by atoms with Gasteiger partial charge in [-0.15, -0.1) is 5.10 Å². The van der Waals surface area contributed by atoms with Gasteiger partial charge >= 0.3 is 6.01 Å². The van der Waals surface area contributed by atoms with Crippen molar-refractivity contribution in [2.24, 2.45) is 0 Å². The minimum atomic E-state index is 0.493. The molecule has 0 spiro atoms. The van der Waals surface area contributed by atoms with Crippen LogP contribution < -0.4 is 5.32 Å². The van der Waals surface area contributed by atoms with Crippen LogP contribution in [0.3, 0.4) is 0 Å². The summed E-state index contributed by atoms with van der Waals surface area (Å²) in [6.45, 7) is 7.75. The molecular formula is C12H19N5O. The van der Waals surface area contributed by atoms with Crippen LogP contribution in [-0.4, -0.2) is 26.3 Å².